The standard InChI is InChI=1S/C11H15NO2/c1-3-14-11(13)10-7(2)8-5-4-6-9(8)12-10/h12H,3-6H2,1-2H3. The van der Waals surface area contributed by atoms with E-state index in [2.05, 4.69) is 4.98 Å². The second kappa shape index (κ2) is 3.48. The molecular weight excluding hydrogens is 178 g/mol. The number of aromatic nitrogens is 1. The number of nitrogens with one attached hydrogen (secondary N) is 1. The third-order valence-electron chi connectivity index (χ3n) is 2.80. The minimum Gasteiger partial charge on any atom is -0.461 e. The lowest BCUT2D eigenvalue weighted by Gasteiger charge is -2.01. The molecule has 2 rings (SSSR count). The fourth-order valence-corrected chi connectivity index (χ4v) is 2.10. The summed E-state index contributed by atoms with van der Waals surface area (Å²) < 4.78 is 4.98. The van der Waals surface area contributed by atoms with Gasteiger partial charge in [0, 0.05) is 5.69 Å². The van der Waals surface area contributed by atoms with Crippen LogP contribution in [0.2, 0.25) is 0 Å². The van der Waals surface area contributed by atoms with Crippen molar-refractivity contribution in [3.05, 3.63) is 22.5 Å². The molecule has 0 unspecified atom stereocenters. The summed E-state index contributed by atoms with van der Waals surface area (Å²) in [6.45, 7) is 4.25. The molecule has 14 heavy (non-hydrogen) atoms. The quantitative estimate of drug-likeness (QED) is 0.730. The van der Waals surface area contributed by atoms with Crippen LogP contribution in [0.5, 0.6) is 0 Å². The number of aryl methyl sites for hydroxylation is 1. The molecule has 0 bridgehead atoms. The molecule has 3 heteroatoms. The molecule has 1 N–H and O–H groups in total. The van der Waals surface area contributed by atoms with Gasteiger partial charge in [-0.2, -0.15) is 0 Å². The monoisotopic (exact) mass is 193 g/mol. The lowest BCUT2D eigenvalue weighted by molar-refractivity contribution is 0.0519. The highest BCUT2D eigenvalue weighted by Crippen LogP contribution is 2.27. The molecule has 0 spiro atoms. The van der Waals surface area contributed by atoms with E-state index in [1.807, 2.05) is 13.8 Å². The number of ether oxygens (including phenoxy) is 1. The van der Waals surface area contributed by atoms with Crippen molar-refractivity contribution in [3.8, 4) is 0 Å². The molecule has 0 saturated carbocycles. The maximum atomic E-state index is 11.5. The molecule has 1 heterocycles. The van der Waals surface area contributed by atoms with Gasteiger partial charge in [-0.15, -0.1) is 0 Å². The number of H-pyrrole nitrogens is 1. The van der Waals surface area contributed by atoms with E-state index in [1.165, 1.54) is 17.7 Å². The van der Waals surface area contributed by atoms with Crippen LogP contribution in [0, 0.1) is 6.92 Å². The van der Waals surface area contributed by atoms with Crippen LogP contribution < -0.4 is 0 Å². The number of rotatable bonds is 2. The van der Waals surface area contributed by atoms with Gasteiger partial charge in [0.15, 0.2) is 0 Å². The summed E-state index contributed by atoms with van der Waals surface area (Å²) in [5, 5.41) is 0. The Bertz CT molecular complexity index is 366. The molecule has 76 valence electrons. The lowest BCUT2D eigenvalue weighted by Crippen LogP contribution is -2.07. The van der Waals surface area contributed by atoms with Gasteiger partial charge in [0.05, 0.1) is 6.61 Å². The molecular formula is C11H15NO2. The van der Waals surface area contributed by atoms with Crippen molar-refractivity contribution < 1.29 is 9.53 Å². The highest BCUT2D eigenvalue weighted by atomic mass is 16.5. The maximum absolute atomic E-state index is 11.5. The van der Waals surface area contributed by atoms with Gasteiger partial charge in [-0.3, -0.25) is 0 Å². The van der Waals surface area contributed by atoms with Crippen LogP contribution in [0.1, 0.15) is 40.7 Å². The number of aromatic amines is 1. The Morgan fingerprint density at radius 2 is 2.29 bits per heavy atom. The van der Waals surface area contributed by atoms with Crippen molar-refractivity contribution in [2.45, 2.75) is 33.1 Å². The number of hydrogen-bond donors (Lipinski definition) is 1. The molecule has 0 amide bonds. The van der Waals surface area contributed by atoms with Crippen molar-refractivity contribution in [1.29, 1.82) is 0 Å². The first-order chi connectivity index (χ1) is 6.74. The van der Waals surface area contributed by atoms with Gasteiger partial charge in [-0.05, 0) is 44.2 Å². The first-order valence-corrected chi connectivity index (χ1v) is 5.11. The predicted molar refractivity (Wildman–Crippen MR) is 53.5 cm³/mol. The number of fused-ring (bicyclic) bond motifs is 1. The van der Waals surface area contributed by atoms with E-state index in [0.29, 0.717) is 12.3 Å². The Hall–Kier alpha value is -1.25. The maximum Gasteiger partial charge on any atom is 0.355 e. The van der Waals surface area contributed by atoms with E-state index in [4.69, 9.17) is 4.74 Å². The molecule has 1 aromatic rings. The van der Waals surface area contributed by atoms with E-state index >= 15 is 0 Å². The Morgan fingerprint density at radius 3 is 2.93 bits per heavy atom. The molecule has 0 saturated heterocycles. The van der Waals surface area contributed by atoms with Gasteiger partial charge in [0.1, 0.15) is 5.69 Å². The second-order valence-corrected chi connectivity index (χ2v) is 3.66. The van der Waals surface area contributed by atoms with Gasteiger partial charge in [0.2, 0.25) is 0 Å². The van der Waals surface area contributed by atoms with Crippen LogP contribution in [0.15, 0.2) is 0 Å². The summed E-state index contributed by atoms with van der Waals surface area (Å²) in [5.74, 6) is -0.223. The molecule has 1 aromatic heterocycles. The van der Waals surface area contributed by atoms with Crippen LogP contribution in [0.4, 0.5) is 0 Å². The fraction of sp³-hybridized carbons (Fsp3) is 0.545. The van der Waals surface area contributed by atoms with Crippen LogP contribution >= 0.6 is 0 Å². The summed E-state index contributed by atoms with van der Waals surface area (Å²) in [5.41, 5.74) is 4.28. The molecule has 3 nitrogen and oxygen atoms in total. The largest absolute Gasteiger partial charge is 0.461 e. The molecule has 0 fully saturated rings. The Morgan fingerprint density at radius 1 is 1.50 bits per heavy atom. The lowest BCUT2D eigenvalue weighted by atomic mass is 10.1. The number of hydrogen-bond acceptors (Lipinski definition) is 2. The number of carbonyl (C=O) groups excluding carboxylic acids is 1. The van der Waals surface area contributed by atoms with E-state index in [0.717, 1.165) is 18.4 Å². The summed E-state index contributed by atoms with van der Waals surface area (Å²) in [7, 11) is 0. The zero-order chi connectivity index (χ0) is 10.1. The van der Waals surface area contributed by atoms with Gasteiger partial charge >= 0.3 is 5.97 Å². The zero-order valence-electron chi connectivity index (χ0n) is 8.64. The normalized spacial score (nSPS) is 14.1. The predicted octanol–water partition coefficient (Wildman–Crippen LogP) is 1.99. The highest BCUT2D eigenvalue weighted by Gasteiger charge is 2.22. The van der Waals surface area contributed by atoms with E-state index < -0.39 is 0 Å². The summed E-state index contributed by atoms with van der Waals surface area (Å²) in [4.78, 5) is 14.7. The van der Waals surface area contributed by atoms with Crippen molar-refractivity contribution in [1.82, 2.24) is 4.98 Å². The van der Waals surface area contributed by atoms with Crippen LogP contribution in [0.25, 0.3) is 0 Å². The Labute approximate surface area is 83.5 Å². The van der Waals surface area contributed by atoms with Crippen LogP contribution in [-0.4, -0.2) is 17.6 Å². The van der Waals surface area contributed by atoms with Crippen LogP contribution in [-0.2, 0) is 17.6 Å². The number of esters is 1. The highest BCUT2D eigenvalue weighted by molar-refractivity contribution is 5.89. The van der Waals surface area contributed by atoms with E-state index in [1.54, 1.807) is 0 Å². The number of carbonyl (C=O) groups is 1. The summed E-state index contributed by atoms with van der Waals surface area (Å²) in [6, 6.07) is 0. The summed E-state index contributed by atoms with van der Waals surface area (Å²) in [6.07, 6.45) is 3.36. The van der Waals surface area contributed by atoms with Gasteiger partial charge in [0.25, 0.3) is 0 Å². The molecule has 1 aliphatic carbocycles. The minimum atomic E-state index is -0.223. The van der Waals surface area contributed by atoms with Gasteiger partial charge < -0.3 is 9.72 Å². The molecule has 0 aliphatic heterocycles. The molecule has 1 aliphatic rings. The molecule has 0 atom stereocenters. The Kier molecular flexibility index (Phi) is 2.32. The zero-order valence-corrected chi connectivity index (χ0v) is 8.64. The van der Waals surface area contributed by atoms with Crippen molar-refractivity contribution in [2.75, 3.05) is 6.61 Å². The molecule has 0 aromatic carbocycles. The first kappa shape index (κ1) is 9.31. The average molecular weight is 193 g/mol. The molecule has 0 radical (unpaired) electrons. The fourth-order valence-electron chi connectivity index (χ4n) is 2.10. The van der Waals surface area contributed by atoms with E-state index in [-0.39, 0.29) is 5.97 Å². The summed E-state index contributed by atoms with van der Waals surface area (Å²) >= 11 is 0. The first-order valence-electron chi connectivity index (χ1n) is 5.11. The third kappa shape index (κ3) is 1.33. The van der Waals surface area contributed by atoms with Crippen molar-refractivity contribution in [3.63, 3.8) is 0 Å². The van der Waals surface area contributed by atoms with Crippen LogP contribution in [0.3, 0.4) is 0 Å². The van der Waals surface area contributed by atoms with Gasteiger partial charge in [-0.25, -0.2) is 4.79 Å². The smallest absolute Gasteiger partial charge is 0.355 e. The average Bonchev–Trinajstić information content (AvgIpc) is 2.69. The van der Waals surface area contributed by atoms with Gasteiger partial charge in [-0.1, -0.05) is 0 Å². The third-order valence-corrected chi connectivity index (χ3v) is 2.80. The minimum absolute atomic E-state index is 0.223. The SMILES string of the molecule is CCOC(=O)c1[nH]c2c(c1C)CCC2. The van der Waals surface area contributed by atoms with Crippen molar-refractivity contribution in [2.24, 2.45) is 0 Å². The second-order valence-electron chi connectivity index (χ2n) is 3.66. The van der Waals surface area contributed by atoms with E-state index in [9.17, 15) is 4.79 Å². The topological polar surface area (TPSA) is 42.1 Å². The Balaban J connectivity index is 2.32. The van der Waals surface area contributed by atoms with Crippen molar-refractivity contribution >= 4 is 5.97 Å².